The summed E-state index contributed by atoms with van der Waals surface area (Å²) < 4.78 is 5.62. The number of halogens is 2. The van der Waals surface area contributed by atoms with Crippen molar-refractivity contribution in [3.8, 4) is 11.6 Å². The zero-order chi connectivity index (χ0) is 14.5. The lowest BCUT2D eigenvalue weighted by molar-refractivity contribution is 0.462. The Balaban J connectivity index is 2.06. The van der Waals surface area contributed by atoms with Crippen LogP contribution in [0.5, 0.6) is 11.6 Å². The first-order valence-electron chi connectivity index (χ1n) is 6.41. The van der Waals surface area contributed by atoms with Crippen molar-refractivity contribution < 1.29 is 4.74 Å². The van der Waals surface area contributed by atoms with E-state index in [2.05, 4.69) is 11.9 Å². The first kappa shape index (κ1) is 15.1. The van der Waals surface area contributed by atoms with Gasteiger partial charge in [-0.15, -0.1) is 0 Å². The van der Waals surface area contributed by atoms with Gasteiger partial charge in [-0.1, -0.05) is 36.2 Å². The summed E-state index contributed by atoms with van der Waals surface area (Å²) in [5, 5.41) is 1.05. The molecule has 2 N–H and O–H groups in total. The number of rotatable bonds is 5. The maximum Gasteiger partial charge on any atom is 0.219 e. The molecule has 0 saturated carbocycles. The first-order chi connectivity index (χ1) is 9.56. The minimum atomic E-state index is 0.162. The van der Waals surface area contributed by atoms with Crippen molar-refractivity contribution in [2.45, 2.75) is 25.8 Å². The molecule has 5 heteroatoms. The number of benzene rings is 1. The normalized spacial score (nSPS) is 12.2. The molecule has 1 aromatic heterocycles. The van der Waals surface area contributed by atoms with Crippen LogP contribution in [0.1, 0.15) is 18.9 Å². The van der Waals surface area contributed by atoms with E-state index >= 15 is 0 Å². The van der Waals surface area contributed by atoms with Crippen LogP contribution in [0.3, 0.4) is 0 Å². The van der Waals surface area contributed by atoms with Crippen molar-refractivity contribution in [2.24, 2.45) is 5.73 Å². The highest BCUT2D eigenvalue weighted by atomic mass is 35.5. The van der Waals surface area contributed by atoms with Crippen LogP contribution in [0.15, 0.2) is 36.5 Å². The fourth-order valence-corrected chi connectivity index (χ4v) is 2.25. The van der Waals surface area contributed by atoms with Gasteiger partial charge in [-0.2, -0.15) is 0 Å². The summed E-state index contributed by atoms with van der Waals surface area (Å²) in [6.45, 7) is 2.07. The van der Waals surface area contributed by atoms with Crippen LogP contribution in [0, 0.1) is 0 Å². The molecule has 0 spiro atoms. The fourth-order valence-electron chi connectivity index (χ4n) is 1.75. The molecule has 3 nitrogen and oxygen atoms in total. The molecule has 1 atom stereocenters. The maximum atomic E-state index is 5.92. The number of nitrogens with two attached hydrogens (primary N) is 1. The summed E-state index contributed by atoms with van der Waals surface area (Å²) in [7, 11) is 0. The van der Waals surface area contributed by atoms with Crippen molar-refractivity contribution in [1.82, 2.24) is 4.98 Å². The van der Waals surface area contributed by atoms with Gasteiger partial charge in [-0.25, -0.2) is 4.98 Å². The maximum absolute atomic E-state index is 5.92. The Bertz CT molecular complexity index is 552. The molecule has 0 fully saturated rings. The molecule has 0 aliphatic rings. The van der Waals surface area contributed by atoms with Crippen LogP contribution in [0.25, 0.3) is 0 Å². The van der Waals surface area contributed by atoms with Crippen molar-refractivity contribution in [1.29, 1.82) is 0 Å². The van der Waals surface area contributed by atoms with Gasteiger partial charge in [-0.3, -0.25) is 0 Å². The molecule has 1 heterocycles. The van der Waals surface area contributed by atoms with E-state index in [4.69, 9.17) is 33.7 Å². The standard InChI is InChI=1S/C15H16Cl2N2O/c1-2-13(18)5-10-3-4-15(19-9-10)20-14-7-11(16)6-12(17)8-14/h3-4,6-9,13H,2,5,18H2,1H3. The van der Waals surface area contributed by atoms with E-state index in [0.29, 0.717) is 21.7 Å². The Morgan fingerprint density at radius 3 is 2.45 bits per heavy atom. The zero-order valence-corrected chi connectivity index (χ0v) is 12.7. The summed E-state index contributed by atoms with van der Waals surface area (Å²) in [4.78, 5) is 4.26. The van der Waals surface area contributed by atoms with Gasteiger partial charge in [0, 0.05) is 28.4 Å². The van der Waals surface area contributed by atoms with E-state index in [9.17, 15) is 0 Å². The summed E-state index contributed by atoms with van der Waals surface area (Å²) in [6.07, 6.45) is 3.53. The fraction of sp³-hybridized carbons (Fsp3) is 0.267. The van der Waals surface area contributed by atoms with Crippen molar-refractivity contribution in [2.75, 3.05) is 0 Å². The third-order valence-corrected chi connectivity index (χ3v) is 3.31. The minimum absolute atomic E-state index is 0.162. The van der Waals surface area contributed by atoms with Gasteiger partial charge < -0.3 is 10.5 Å². The van der Waals surface area contributed by atoms with Gasteiger partial charge in [0.05, 0.1) is 0 Å². The number of aromatic nitrogens is 1. The molecule has 20 heavy (non-hydrogen) atoms. The van der Waals surface area contributed by atoms with E-state index < -0.39 is 0 Å². The molecule has 0 amide bonds. The van der Waals surface area contributed by atoms with Crippen LogP contribution in [-0.4, -0.2) is 11.0 Å². The van der Waals surface area contributed by atoms with Crippen molar-refractivity contribution in [3.05, 3.63) is 52.1 Å². The Morgan fingerprint density at radius 1 is 1.20 bits per heavy atom. The molecular weight excluding hydrogens is 295 g/mol. The van der Waals surface area contributed by atoms with E-state index in [0.717, 1.165) is 18.4 Å². The third kappa shape index (κ3) is 4.37. The molecule has 0 aliphatic carbocycles. The predicted octanol–water partition coefficient (Wildman–Crippen LogP) is 4.46. The zero-order valence-electron chi connectivity index (χ0n) is 11.1. The van der Waals surface area contributed by atoms with Gasteiger partial charge in [0.25, 0.3) is 0 Å². The quantitative estimate of drug-likeness (QED) is 0.887. The lowest BCUT2D eigenvalue weighted by atomic mass is 10.1. The molecule has 0 radical (unpaired) electrons. The number of nitrogens with zero attached hydrogens (tertiary/aromatic N) is 1. The van der Waals surface area contributed by atoms with Gasteiger partial charge in [-0.05, 0) is 36.6 Å². The Kier molecular flexibility index (Phi) is 5.24. The predicted molar refractivity (Wildman–Crippen MR) is 82.7 cm³/mol. The van der Waals surface area contributed by atoms with Gasteiger partial charge in [0.1, 0.15) is 5.75 Å². The first-order valence-corrected chi connectivity index (χ1v) is 7.17. The van der Waals surface area contributed by atoms with Crippen LogP contribution >= 0.6 is 23.2 Å². The number of hydrogen-bond acceptors (Lipinski definition) is 3. The van der Waals surface area contributed by atoms with Crippen LogP contribution in [0.2, 0.25) is 10.0 Å². The molecular formula is C15H16Cl2N2O. The third-order valence-electron chi connectivity index (χ3n) is 2.88. The number of pyridine rings is 1. The molecule has 1 aromatic carbocycles. The summed E-state index contributed by atoms with van der Waals surface area (Å²) in [5.41, 5.74) is 7.00. The second kappa shape index (κ2) is 6.93. The van der Waals surface area contributed by atoms with E-state index in [1.807, 2.05) is 12.1 Å². The molecule has 1 unspecified atom stereocenters. The number of ether oxygens (including phenoxy) is 1. The number of hydrogen-bond donors (Lipinski definition) is 1. The summed E-state index contributed by atoms with van der Waals surface area (Å²) in [5.74, 6) is 1.06. The van der Waals surface area contributed by atoms with Crippen LogP contribution in [-0.2, 0) is 6.42 Å². The average molecular weight is 311 g/mol. The summed E-state index contributed by atoms with van der Waals surface area (Å²) in [6, 6.07) is 8.97. The Morgan fingerprint density at radius 2 is 1.90 bits per heavy atom. The molecule has 2 aromatic rings. The van der Waals surface area contributed by atoms with E-state index in [1.54, 1.807) is 24.4 Å². The monoisotopic (exact) mass is 310 g/mol. The van der Waals surface area contributed by atoms with Crippen molar-refractivity contribution >= 4 is 23.2 Å². The molecule has 0 aliphatic heterocycles. The van der Waals surface area contributed by atoms with Gasteiger partial charge in [0.2, 0.25) is 5.88 Å². The van der Waals surface area contributed by atoms with E-state index in [1.165, 1.54) is 0 Å². The van der Waals surface area contributed by atoms with Crippen molar-refractivity contribution in [3.63, 3.8) is 0 Å². The molecule has 2 rings (SSSR count). The largest absolute Gasteiger partial charge is 0.439 e. The SMILES string of the molecule is CCC(N)Cc1ccc(Oc2cc(Cl)cc(Cl)c2)nc1. The van der Waals surface area contributed by atoms with Gasteiger partial charge in [0.15, 0.2) is 0 Å². The molecule has 0 bridgehead atoms. The smallest absolute Gasteiger partial charge is 0.219 e. The van der Waals surface area contributed by atoms with E-state index in [-0.39, 0.29) is 6.04 Å². The Hall–Kier alpha value is -1.29. The Labute approximate surface area is 128 Å². The van der Waals surface area contributed by atoms with Gasteiger partial charge >= 0.3 is 0 Å². The molecule has 106 valence electrons. The topological polar surface area (TPSA) is 48.1 Å². The minimum Gasteiger partial charge on any atom is -0.439 e. The lowest BCUT2D eigenvalue weighted by Crippen LogP contribution is -2.21. The highest BCUT2D eigenvalue weighted by Gasteiger charge is 2.05. The van der Waals surface area contributed by atoms with Crippen LogP contribution in [0.4, 0.5) is 0 Å². The highest BCUT2D eigenvalue weighted by molar-refractivity contribution is 6.34. The lowest BCUT2D eigenvalue weighted by Gasteiger charge is -2.09. The highest BCUT2D eigenvalue weighted by Crippen LogP contribution is 2.27. The molecule has 0 saturated heterocycles. The van der Waals surface area contributed by atoms with Crippen LogP contribution < -0.4 is 10.5 Å². The summed E-state index contributed by atoms with van der Waals surface area (Å²) >= 11 is 11.8. The second-order valence-electron chi connectivity index (χ2n) is 4.58. The average Bonchev–Trinajstić information content (AvgIpc) is 2.39. The second-order valence-corrected chi connectivity index (χ2v) is 5.46.